The van der Waals surface area contributed by atoms with E-state index < -0.39 is 0 Å². The first-order valence-electron chi connectivity index (χ1n) is 12.3. The summed E-state index contributed by atoms with van der Waals surface area (Å²) in [5.41, 5.74) is 5.38. The van der Waals surface area contributed by atoms with Crippen molar-refractivity contribution in [2.24, 2.45) is 0 Å². The molecule has 36 heavy (non-hydrogen) atoms. The fourth-order valence-electron chi connectivity index (χ4n) is 4.66. The first kappa shape index (κ1) is 23.7. The molecule has 2 heterocycles. The zero-order valence-electron chi connectivity index (χ0n) is 20.7. The van der Waals surface area contributed by atoms with E-state index >= 15 is 0 Å². The highest BCUT2D eigenvalue weighted by Crippen LogP contribution is 2.23. The first-order chi connectivity index (χ1) is 17.5. The van der Waals surface area contributed by atoms with Crippen molar-refractivity contribution in [2.45, 2.75) is 33.0 Å². The second kappa shape index (κ2) is 10.3. The normalized spacial score (nSPS) is 13.3. The summed E-state index contributed by atoms with van der Waals surface area (Å²) in [6.45, 7) is 4.15. The Kier molecular flexibility index (Phi) is 6.78. The van der Waals surface area contributed by atoms with Gasteiger partial charge in [-0.1, -0.05) is 78.4 Å². The van der Waals surface area contributed by atoms with E-state index in [4.69, 9.17) is 4.98 Å². The van der Waals surface area contributed by atoms with Crippen LogP contribution in [0.2, 0.25) is 0 Å². The molecular weight excluding hydrogens is 448 g/mol. The third kappa shape index (κ3) is 4.99. The fraction of sp³-hybridized carbons (Fsp3) is 0.233. The fourth-order valence-corrected chi connectivity index (χ4v) is 4.66. The van der Waals surface area contributed by atoms with Crippen molar-refractivity contribution in [3.8, 4) is 11.4 Å². The molecule has 5 rings (SSSR count). The summed E-state index contributed by atoms with van der Waals surface area (Å²) in [5, 5.41) is 0. The van der Waals surface area contributed by atoms with Gasteiger partial charge in [0.15, 0.2) is 0 Å². The topological polar surface area (TPSA) is 58.4 Å². The quantitative estimate of drug-likeness (QED) is 0.411. The van der Waals surface area contributed by atoms with Gasteiger partial charge >= 0.3 is 0 Å². The van der Waals surface area contributed by atoms with Crippen molar-refractivity contribution in [1.82, 2.24) is 14.5 Å². The van der Waals surface area contributed by atoms with Gasteiger partial charge in [-0.15, -0.1) is 0 Å². The Morgan fingerprint density at radius 2 is 1.61 bits per heavy atom. The van der Waals surface area contributed by atoms with Crippen LogP contribution in [0.15, 0.2) is 89.7 Å². The third-order valence-electron chi connectivity index (χ3n) is 6.77. The average molecular weight is 479 g/mol. The molecule has 4 aromatic rings. The van der Waals surface area contributed by atoms with Crippen LogP contribution in [0.25, 0.3) is 11.4 Å². The van der Waals surface area contributed by atoms with Crippen molar-refractivity contribution in [2.75, 3.05) is 18.5 Å². The van der Waals surface area contributed by atoms with Crippen LogP contribution in [0.4, 0.5) is 5.69 Å². The predicted molar refractivity (Wildman–Crippen MR) is 143 cm³/mol. The maximum absolute atomic E-state index is 13.8. The molecule has 0 saturated carbocycles. The Balaban J connectivity index is 1.50. The number of likely N-dealkylation sites (N-methyl/N-ethyl adjacent to an activating group) is 1. The van der Waals surface area contributed by atoms with Crippen molar-refractivity contribution < 1.29 is 4.79 Å². The zero-order chi connectivity index (χ0) is 25.1. The Bertz CT molecular complexity index is 1410. The Morgan fingerprint density at radius 1 is 0.944 bits per heavy atom. The number of benzene rings is 3. The molecule has 0 aliphatic carbocycles. The summed E-state index contributed by atoms with van der Waals surface area (Å²) in [5.74, 6) is 0.370. The second-order valence-corrected chi connectivity index (χ2v) is 9.35. The average Bonchev–Trinajstić information content (AvgIpc) is 2.91. The minimum absolute atomic E-state index is 0.0680. The van der Waals surface area contributed by atoms with Gasteiger partial charge in [-0.3, -0.25) is 19.1 Å². The number of aryl methyl sites for hydroxylation is 1. The van der Waals surface area contributed by atoms with E-state index in [9.17, 15) is 9.59 Å². The highest BCUT2D eigenvalue weighted by Gasteiger charge is 2.25. The molecule has 1 aliphatic heterocycles. The molecule has 0 saturated heterocycles. The van der Waals surface area contributed by atoms with Gasteiger partial charge in [0, 0.05) is 43.5 Å². The smallest absolute Gasteiger partial charge is 0.257 e. The van der Waals surface area contributed by atoms with Crippen molar-refractivity contribution in [3.63, 3.8) is 0 Å². The van der Waals surface area contributed by atoms with E-state index in [1.165, 1.54) is 5.56 Å². The second-order valence-electron chi connectivity index (χ2n) is 9.35. The standard InChI is InChI=1S/C30H30N4O2/c1-22-13-15-24(16-14-22)29-31-27-20-33(19-23-9-5-3-6-10-23)18-17-26(27)30(36)34(29)21-28(35)32(2)25-11-7-4-8-12-25/h3-16H,17-21H2,1-2H3. The third-order valence-corrected chi connectivity index (χ3v) is 6.77. The minimum atomic E-state index is -0.167. The number of carbonyl (C=O) groups excluding carboxylic acids is 1. The Hall–Kier alpha value is -4.03. The summed E-state index contributed by atoms with van der Waals surface area (Å²) in [7, 11) is 1.74. The molecule has 182 valence electrons. The van der Waals surface area contributed by atoms with E-state index in [0.29, 0.717) is 24.4 Å². The van der Waals surface area contributed by atoms with Gasteiger partial charge in [-0.25, -0.2) is 4.98 Å². The summed E-state index contributed by atoms with van der Waals surface area (Å²) in [4.78, 5) is 35.9. The molecule has 6 nitrogen and oxygen atoms in total. The van der Waals surface area contributed by atoms with Crippen LogP contribution in [0.3, 0.4) is 0 Å². The van der Waals surface area contributed by atoms with Crippen LogP contribution < -0.4 is 10.5 Å². The molecule has 0 bridgehead atoms. The molecule has 0 N–H and O–H groups in total. The van der Waals surface area contributed by atoms with Gasteiger partial charge < -0.3 is 4.90 Å². The Morgan fingerprint density at radius 3 is 2.31 bits per heavy atom. The van der Waals surface area contributed by atoms with Gasteiger partial charge in [-0.05, 0) is 31.0 Å². The van der Waals surface area contributed by atoms with Crippen LogP contribution in [0.1, 0.15) is 22.4 Å². The van der Waals surface area contributed by atoms with Crippen molar-refractivity contribution >= 4 is 11.6 Å². The lowest BCUT2D eigenvalue weighted by atomic mass is 10.0. The molecule has 0 radical (unpaired) electrons. The number of fused-ring (bicyclic) bond motifs is 1. The zero-order valence-corrected chi connectivity index (χ0v) is 20.7. The van der Waals surface area contributed by atoms with E-state index in [-0.39, 0.29) is 18.0 Å². The number of para-hydroxylation sites is 1. The monoisotopic (exact) mass is 478 g/mol. The summed E-state index contributed by atoms with van der Waals surface area (Å²) in [6.07, 6.45) is 0.616. The first-order valence-corrected chi connectivity index (χ1v) is 12.3. The molecular formula is C30H30N4O2. The van der Waals surface area contributed by atoms with E-state index in [0.717, 1.165) is 35.6 Å². The number of aromatic nitrogens is 2. The lowest BCUT2D eigenvalue weighted by Crippen LogP contribution is -2.40. The molecule has 1 aromatic heterocycles. The number of hydrogen-bond donors (Lipinski definition) is 0. The van der Waals surface area contributed by atoms with Crippen molar-refractivity contribution in [3.05, 3.63) is 118 Å². The van der Waals surface area contributed by atoms with E-state index in [1.54, 1.807) is 16.5 Å². The molecule has 0 spiro atoms. The molecule has 0 fully saturated rings. The lowest BCUT2D eigenvalue weighted by molar-refractivity contribution is -0.118. The highest BCUT2D eigenvalue weighted by molar-refractivity contribution is 5.92. The molecule has 0 unspecified atom stereocenters. The summed E-state index contributed by atoms with van der Waals surface area (Å²) >= 11 is 0. The van der Waals surface area contributed by atoms with E-state index in [1.807, 2.05) is 79.7 Å². The molecule has 0 atom stereocenters. The summed E-state index contributed by atoms with van der Waals surface area (Å²) < 4.78 is 1.55. The molecule has 3 aromatic carbocycles. The van der Waals surface area contributed by atoms with Gasteiger partial charge in [0.05, 0.1) is 5.69 Å². The van der Waals surface area contributed by atoms with Gasteiger partial charge in [-0.2, -0.15) is 0 Å². The van der Waals surface area contributed by atoms with Crippen LogP contribution in [0, 0.1) is 6.92 Å². The maximum Gasteiger partial charge on any atom is 0.257 e. The molecule has 1 amide bonds. The number of rotatable bonds is 6. The van der Waals surface area contributed by atoms with Crippen molar-refractivity contribution in [1.29, 1.82) is 0 Å². The van der Waals surface area contributed by atoms with E-state index in [2.05, 4.69) is 17.0 Å². The number of hydrogen-bond acceptors (Lipinski definition) is 4. The number of carbonyl (C=O) groups is 1. The van der Waals surface area contributed by atoms with Crippen LogP contribution in [-0.2, 0) is 30.8 Å². The van der Waals surface area contributed by atoms with Gasteiger partial charge in [0.1, 0.15) is 12.4 Å². The number of anilines is 1. The SMILES string of the molecule is Cc1ccc(-c2nc3c(c(=O)n2CC(=O)N(C)c2ccccc2)CCN(Cc2ccccc2)C3)cc1. The minimum Gasteiger partial charge on any atom is -0.314 e. The predicted octanol–water partition coefficient (Wildman–Crippen LogP) is 4.44. The maximum atomic E-state index is 13.8. The van der Waals surface area contributed by atoms with Crippen LogP contribution in [-0.4, -0.2) is 34.0 Å². The van der Waals surface area contributed by atoms with Gasteiger partial charge in [0.25, 0.3) is 5.56 Å². The molecule has 1 aliphatic rings. The van der Waals surface area contributed by atoms with Gasteiger partial charge in [0.2, 0.25) is 5.91 Å². The van der Waals surface area contributed by atoms with Crippen LogP contribution >= 0.6 is 0 Å². The largest absolute Gasteiger partial charge is 0.314 e. The lowest BCUT2D eigenvalue weighted by Gasteiger charge is -2.29. The summed E-state index contributed by atoms with van der Waals surface area (Å²) in [6, 6.07) is 27.8. The number of amides is 1. The highest BCUT2D eigenvalue weighted by atomic mass is 16.2. The number of nitrogens with zero attached hydrogens (tertiary/aromatic N) is 4. The molecule has 6 heteroatoms. The Labute approximate surface area is 211 Å². The van der Waals surface area contributed by atoms with Crippen LogP contribution in [0.5, 0.6) is 0 Å².